The minimum absolute atomic E-state index is 0.239. The molecular formula is C47H57N5O4. The van der Waals surface area contributed by atoms with E-state index in [1.807, 2.05) is 0 Å². The number of esters is 2. The molecule has 1 aromatic carbocycles. The van der Waals surface area contributed by atoms with Crippen molar-refractivity contribution in [2.45, 2.75) is 99.5 Å². The third-order valence-electron chi connectivity index (χ3n) is 11.4. The quantitative estimate of drug-likeness (QED) is 0.131. The van der Waals surface area contributed by atoms with Crippen LogP contribution in [0.25, 0.3) is 55.5 Å². The number of aromatic nitrogens is 4. The van der Waals surface area contributed by atoms with Gasteiger partial charge in [0.05, 0.1) is 42.5 Å². The van der Waals surface area contributed by atoms with Crippen LogP contribution in [0.3, 0.4) is 0 Å². The number of allylic oxidation sites excluding steroid dienone is 4. The van der Waals surface area contributed by atoms with Gasteiger partial charge in [0.1, 0.15) is 0 Å². The van der Waals surface area contributed by atoms with Crippen LogP contribution in [0.15, 0.2) is 42.5 Å². The van der Waals surface area contributed by atoms with Crippen LogP contribution in [0.2, 0.25) is 0 Å². The first kappa shape index (κ1) is 40.4. The zero-order valence-electron chi connectivity index (χ0n) is 34.9. The number of H-pyrrole nitrogens is 2. The fraction of sp³-hybridized carbons (Fsp3) is 0.404. The molecule has 2 N–H and O–H groups in total. The molecule has 9 nitrogen and oxygen atoms in total. The van der Waals surface area contributed by atoms with Gasteiger partial charge >= 0.3 is 11.9 Å². The Kier molecular flexibility index (Phi) is 12.4. The second kappa shape index (κ2) is 17.2. The Balaban J connectivity index is 1.85. The number of hydrogen-bond acceptors (Lipinski definition) is 7. The van der Waals surface area contributed by atoms with Crippen molar-refractivity contribution in [1.29, 1.82) is 0 Å². The zero-order chi connectivity index (χ0) is 40.3. The molecule has 2 aliphatic rings. The van der Waals surface area contributed by atoms with Crippen molar-refractivity contribution in [2.75, 3.05) is 28.3 Å². The normalized spacial score (nSPS) is 12.9. The van der Waals surface area contributed by atoms with Gasteiger partial charge in [0.2, 0.25) is 0 Å². The molecule has 5 heterocycles. The molecule has 9 heteroatoms. The van der Waals surface area contributed by atoms with Crippen molar-refractivity contribution in [3.63, 3.8) is 0 Å². The Morgan fingerprint density at radius 1 is 0.679 bits per heavy atom. The molecule has 294 valence electrons. The largest absolute Gasteiger partial charge is 0.469 e. The summed E-state index contributed by atoms with van der Waals surface area (Å²) >= 11 is 0. The number of nitrogens with one attached hydrogen (secondary N) is 2. The maximum Gasteiger partial charge on any atom is 0.305 e. The Labute approximate surface area is 331 Å². The molecule has 0 unspecified atom stereocenters. The molecule has 6 rings (SSSR count). The predicted octanol–water partition coefficient (Wildman–Crippen LogP) is 10.2. The van der Waals surface area contributed by atoms with E-state index in [4.69, 9.17) is 19.4 Å². The maximum atomic E-state index is 12.5. The van der Waals surface area contributed by atoms with Crippen LogP contribution in [0.4, 0.5) is 0 Å². The van der Waals surface area contributed by atoms with Crippen molar-refractivity contribution < 1.29 is 19.1 Å². The molecule has 0 radical (unpaired) electrons. The van der Waals surface area contributed by atoms with Crippen molar-refractivity contribution in [1.82, 2.24) is 24.8 Å². The summed E-state index contributed by atoms with van der Waals surface area (Å²) in [5.74, 6) is -0.526. The standard InChI is InChI=1S/C47H57N5O4/c1-11-30-32(13-3)46-45(36-18-16-15-17-29(36)26-52(7)8)47-33(14-4)31(12-2)40(51-47)24-38-28(6)35(20-22-44(54)56-10)42(49-38)25-41-34(19-21-43(53)55-9)27(5)37(48-41)23-39(30)50-46/h15-18,23-25,48,51H,11-14,19-22,26H2,1-10H3. The highest BCUT2D eigenvalue weighted by atomic mass is 16.5. The van der Waals surface area contributed by atoms with E-state index < -0.39 is 0 Å². The smallest absolute Gasteiger partial charge is 0.305 e. The lowest BCUT2D eigenvalue weighted by Gasteiger charge is -2.17. The summed E-state index contributed by atoms with van der Waals surface area (Å²) in [6, 6.07) is 15.2. The third-order valence-corrected chi connectivity index (χ3v) is 11.4. The number of ether oxygens (including phenoxy) is 2. The first-order chi connectivity index (χ1) is 27.0. The fourth-order valence-corrected chi connectivity index (χ4v) is 8.55. The molecule has 2 aliphatic heterocycles. The van der Waals surface area contributed by atoms with Gasteiger partial charge in [-0.1, -0.05) is 52.0 Å². The molecule has 0 aliphatic carbocycles. The van der Waals surface area contributed by atoms with Crippen LogP contribution < -0.4 is 0 Å². The van der Waals surface area contributed by atoms with Gasteiger partial charge in [-0.3, -0.25) is 9.59 Å². The molecule has 0 amide bonds. The summed E-state index contributed by atoms with van der Waals surface area (Å²) in [5.41, 5.74) is 20.2. The first-order valence-corrected chi connectivity index (χ1v) is 20.1. The highest BCUT2D eigenvalue weighted by Gasteiger charge is 2.26. The SMILES string of the molecule is CCC1=C(CC)c2nc1cc1[nH]c(cc3nc(cc4[nH]c(c(CC)c4CC)c2-c2ccccc2CN(C)C)C(C)=C3CCC(=O)OC)c(CCC(=O)OC)c1C. The fourth-order valence-electron chi connectivity index (χ4n) is 8.55. The Morgan fingerprint density at radius 3 is 1.93 bits per heavy atom. The number of nitrogens with zero attached hydrogens (tertiary/aromatic N) is 3. The van der Waals surface area contributed by atoms with E-state index in [9.17, 15) is 9.59 Å². The highest BCUT2D eigenvalue weighted by Crippen LogP contribution is 2.44. The van der Waals surface area contributed by atoms with Gasteiger partial charge in [0, 0.05) is 41.5 Å². The van der Waals surface area contributed by atoms with Crippen molar-refractivity contribution in [3.8, 4) is 11.1 Å². The van der Waals surface area contributed by atoms with Crippen LogP contribution in [0, 0.1) is 6.92 Å². The van der Waals surface area contributed by atoms with Crippen LogP contribution >= 0.6 is 0 Å². The Bertz CT molecular complexity index is 2410. The minimum Gasteiger partial charge on any atom is -0.469 e. The molecule has 0 fully saturated rings. The van der Waals surface area contributed by atoms with Gasteiger partial charge in [-0.25, -0.2) is 9.97 Å². The monoisotopic (exact) mass is 755 g/mol. The second-order valence-electron chi connectivity index (χ2n) is 15.0. The second-order valence-corrected chi connectivity index (χ2v) is 15.0. The summed E-state index contributed by atoms with van der Waals surface area (Å²) in [6.07, 6.45) is 4.82. The van der Waals surface area contributed by atoms with E-state index in [1.165, 1.54) is 47.6 Å². The third kappa shape index (κ3) is 7.74. The van der Waals surface area contributed by atoms with Gasteiger partial charge in [-0.2, -0.15) is 0 Å². The van der Waals surface area contributed by atoms with E-state index >= 15 is 0 Å². The molecule has 0 spiro atoms. The summed E-state index contributed by atoms with van der Waals surface area (Å²) < 4.78 is 10.1. The highest BCUT2D eigenvalue weighted by molar-refractivity contribution is 6.02. The number of hydrogen-bond donors (Lipinski definition) is 2. The molecule has 3 aromatic heterocycles. The van der Waals surface area contributed by atoms with E-state index in [0.717, 1.165) is 105 Å². The maximum absolute atomic E-state index is 12.5. The van der Waals surface area contributed by atoms with Gasteiger partial charge in [-0.05, 0) is 140 Å². The zero-order valence-corrected chi connectivity index (χ0v) is 34.9. The summed E-state index contributed by atoms with van der Waals surface area (Å²) in [5, 5.41) is 0. The topological polar surface area (TPSA) is 113 Å². The molecule has 0 saturated carbocycles. The molecule has 8 bridgehead atoms. The molecule has 0 atom stereocenters. The number of fused-ring (bicyclic) bond motifs is 8. The number of carbonyl (C=O) groups is 2. The molecular weight excluding hydrogens is 699 g/mol. The van der Waals surface area contributed by atoms with Crippen LogP contribution in [0.5, 0.6) is 0 Å². The van der Waals surface area contributed by atoms with E-state index in [1.54, 1.807) is 0 Å². The summed E-state index contributed by atoms with van der Waals surface area (Å²) in [6.45, 7) is 13.9. The Hall–Kier alpha value is -5.28. The van der Waals surface area contributed by atoms with Crippen LogP contribution in [-0.2, 0) is 44.9 Å². The average molecular weight is 756 g/mol. The summed E-state index contributed by atoms with van der Waals surface area (Å²) in [7, 11) is 7.07. The lowest BCUT2D eigenvalue weighted by Crippen LogP contribution is -2.11. The van der Waals surface area contributed by atoms with E-state index in [2.05, 4.69) is 113 Å². The van der Waals surface area contributed by atoms with Crippen LogP contribution in [0.1, 0.15) is 117 Å². The number of aromatic amines is 2. The molecule has 56 heavy (non-hydrogen) atoms. The number of methoxy groups -OCH3 is 2. The van der Waals surface area contributed by atoms with Crippen molar-refractivity contribution in [3.05, 3.63) is 93.1 Å². The van der Waals surface area contributed by atoms with Gasteiger partial charge < -0.3 is 24.3 Å². The average Bonchev–Trinajstić information content (AvgIpc) is 3.89. The van der Waals surface area contributed by atoms with Crippen molar-refractivity contribution >= 4 is 56.3 Å². The minimum atomic E-state index is -0.265. The number of carbonyl (C=O) groups excluding carboxylic acids is 2. The molecule has 0 saturated heterocycles. The van der Waals surface area contributed by atoms with Gasteiger partial charge in [0.15, 0.2) is 0 Å². The van der Waals surface area contributed by atoms with Gasteiger partial charge in [0.25, 0.3) is 0 Å². The Morgan fingerprint density at radius 2 is 1.29 bits per heavy atom. The lowest BCUT2D eigenvalue weighted by atomic mass is 9.91. The molecule has 4 aromatic rings. The van der Waals surface area contributed by atoms with E-state index in [0.29, 0.717) is 12.8 Å². The van der Waals surface area contributed by atoms with Crippen molar-refractivity contribution in [2.24, 2.45) is 0 Å². The van der Waals surface area contributed by atoms with Crippen LogP contribution in [-0.4, -0.2) is 65.1 Å². The number of benzene rings is 1. The van der Waals surface area contributed by atoms with E-state index in [-0.39, 0.29) is 24.8 Å². The number of rotatable bonds is 13. The summed E-state index contributed by atoms with van der Waals surface area (Å²) in [4.78, 5) is 45.7. The van der Waals surface area contributed by atoms with Gasteiger partial charge in [-0.15, -0.1) is 0 Å². The first-order valence-electron chi connectivity index (χ1n) is 20.1. The number of aryl methyl sites for hydroxylation is 4. The predicted molar refractivity (Wildman–Crippen MR) is 229 cm³/mol. The lowest BCUT2D eigenvalue weighted by molar-refractivity contribution is -0.141.